The van der Waals surface area contributed by atoms with E-state index < -0.39 is 5.97 Å². The SMILES string of the molecule is CCc1c(C(=O)O)c2c(OCc3ccccc3)cccn2c1Cc1cccc2ccccc12. The van der Waals surface area contributed by atoms with E-state index in [1.807, 2.05) is 72.1 Å². The Labute approximate surface area is 192 Å². The van der Waals surface area contributed by atoms with Gasteiger partial charge in [0.2, 0.25) is 0 Å². The average molecular weight is 436 g/mol. The monoisotopic (exact) mass is 435 g/mol. The van der Waals surface area contributed by atoms with Gasteiger partial charge >= 0.3 is 5.97 Å². The van der Waals surface area contributed by atoms with E-state index in [-0.39, 0.29) is 0 Å². The van der Waals surface area contributed by atoms with Crippen LogP contribution in [-0.4, -0.2) is 15.5 Å². The van der Waals surface area contributed by atoms with Gasteiger partial charge in [-0.05, 0) is 46.0 Å². The first-order valence-electron chi connectivity index (χ1n) is 11.2. The normalized spacial score (nSPS) is 11.2. The number of benzene rings is 3. The van der Waals surface area contributed by atoms with Crippen molar-refractivity contribution in [1.29, 1.82) is 0 Å². The molecule has 0 unspecified atom stereocenters. The molecule has 4 heteroatoms. The number of hydrogen-bond donors (Lipinski definition) is 1. The molecule has 0 spiro atoms. The molecule has 4 nitrogen and oxygen atoms in total. The Balaban J connectivity index is 1.65. The van der Waals surface area contributed by atoms with E-state index in [2.05, 4.69) is 30.3 Å². The minimum atomic E-state index is -0.927. The van der Waals surface area contributed by atoms with Gasteiger partial charge in [0.25, 0.3) is 0 Å². The van der Waals surface area contributed by atoms with Crippen LogP contribution < -0.4 is 4.74 Å². The summed E-state index contributed by atoms with van der Waals surface area (Å²) in [4.78, 5) is 12.4. The first-order chi connectivity index (χ1) is 16.2. The van der Waals surface area contributed by atoms with Crippen molar-refractivity contribution in [2.45, 2.75) is 26.4 Å². The number of carboxylic acids is 1. The molecule has 164 valence electrons. The van der Waals surface area contributed by atoms with Crippen molar-refractivity contribution in [2.75, 3.05) is 0 Å². The lowest BCUT2D eigenvalue weighted by Crippen LogP contribution is -2.02. The van der Waals surface area contributed by atoms with Crippen molar-refractivity contribution in [3.05, 3.63) is 119 Å². The highest BCUT2D eigenvalue weighted by molar-refractivity contribution is 6.00. The minimum Gasteiger partial charge on any atom is -0.487 e. The zero-order valence-electron chi connectivity index (χ0n) is 18.5. The van der Waals surface area contributed by atoms with Gasteiger partial charge in [-0.1, -0.05) is 79.7 Å². The second-order valence-electron chi connectivity index (χ2n) is 8.14. The molecule has 0 amide bonds. The zero-order valence-corrected chi connectivity index (χ0v) is 18.5. The summed E-state index contributed by atoms with van der Waals surface area (Å²) in [6.45, 7) is 2.39. The van der Waals surface area contributed by atoms with Crippen LogP contribution in [0.1, 0.15) is 39.7 Å². The lowest BCUT2D eigenvalue weighted by atomic mass is 9.97. The molecule has 3 aromatic carbocycles. The van der Waals surface area contributed by atoms with Gasteiger partial charge < -0.3 is 14.2 Å². The lowest BCUT2D eigenvalue weighted by Gasteiger charge is -2.11. The van der Waals surface area contributed by atoms with Crippen molar-refractivity contribution in [3.63, 3.8) is 0 Å². The highest BCUT2D eigenvalue weighted by Crippen LogP contribution is 2.34. The number of rotatable bonds is 7. The van der Waals surface area contributed by atoms with Crippen molar-refractivity contribution in [2.24, 2.45) is 0 Å². The molecule has 33 heavy (non-hydrogen) atoms. The summed E-state index contributed by atoms with van der Waals surface area (Å²) in [5.41, 5.74) is 5.01. The highest BCUT2D eigenvalue weighted by atomic mass is 16.5. The molecule has 0 saturated heterocycles. The minimum absolute atomic E-state index is 0.330. The Bertz CT molecular complexity index is 1450. The summed E-state index contributed by atoms with van der Waals surface area (Å²) in [5, 5.41) is 12.6. The summed E-state index contributed by atoms with van der Waals surface area (Å²) >= 11 is 0. The van der Waals surface area contributed by atoms with Gasteiger partial charge in [0.15, 0.2) is 0 Å². The Hall–Kier alpha value is -4.05. The van der Waals surface area contributed by atoms with Crippen LogP contribution in [0.25, 0.3) is 16.3 Å². The molecular formula is C29H25NO3. The molecule has 0 radical (unpaired) electrons. The predicted octanol–water partition coefficient (Wildman–Crippen LogP) is 6.52. The van der Waals surface area contributed by atoms with Crippen LogP contribution >= 0.6 is 0 Å². The molecule has 5 rings (SSSR count). The number of fused-ring (bicyclic) bond motifs is 2. The molecule has 0 atom stereocenters. The van der Waals surface area contributed by atoms with Crippen LogP contribution in [0, 0.1) is 0 Å². The number of aromatic nitrogens is 1. The molecule has 1 N–H and O–H groups in total. The number of hydrogen-bond acceptors (Lipinski definition) is 2. The van der Waals surface area contributed by atoms with Gasteiger partial charge in [0.05, 0.1) is 5.56 Å². The molecule has 2 heterocycles. The number of nitrogens with zero attached hydrogens (tertiary/aromatic N) is 1. The number of carboxylic acid groups (broad SMARTS) is 1. The summed E-state index contributed by atoms with van der Waals surface area (Å²) < 4.78 is 8.15. The Morgan fingerprint density at radius 3 is 2.45 bits per heavy atom. The second-order valence-corrected chi connectivity index (χ2v) is 8.14. The summed E-state index contributed by atoms with van der Waals surface area (Å²) in [7, 11) is 0. The standard InChI is InChI=1S/C29H25NO3/c1-2-23-25(18-22-14-8-13-21-12-6-7-15-24(21)22)30-17-9-16-26(28(30)27(23)29(31)32)33-19-20-10-4-3-5-11-20/h3-17H,2,18-19H2,1H3,(H,31,32). The topological polar surface area (TPSA) is 50.9 Å². The molecule has 0 aliphatic heterocycles. The van der Waals surface area contributed by atoms with Crippen molar-refractivity contribution in [1.82, 2.24) is 4.40 Å². The molecule has 0 aliphatic rings. The van der Waals surface area contributed by atoms with Crippen molar-refractivity contribution in [3.8, 4) is 5.75 Å². The third kappa shape index (κ3) is 3.85. The maximum absolute atomic E-state index is 12.4. The fourth-order valence-corrected chi connectivity index (χ4v) is 4.67. The second kappa shape index (κ2) is 8.83. The van der Waals surface area contributed by atoms with Crippen LogP contribution in [0.4, 0.5) is 0 Å². The largest absolute Gasteiger partial charge is 0.487 e. The highest BCUT2D eigenvalue weighted by Gasteiger charge is 2.25. The van der Waals surface area contributed by atoms with Crippen molar-refractivity contribution < 1.29 is 14.6 Å². The van der Waals surface area contributed by atoms with E-state index in [0.717, 1.165) is 16.8 Å². The lowest BCUT2D eigenvalue weighted by molar-refractivity contribution is 0.0697. The molecule has 0 aliphatic carbocycles. The summed E-state index contributed by atoms with van der Waals surface area (Å²) in [6.07, 6.45) is 3.21. The van der Waals surface area contributed by atoms with E-state index >= 15 is 0 Å². The Morgan fingerprint density at radius 2 is 1.67 bits per heavy atom. The molecule has 2 aromatic heterocycles. The van der Waals surface area contributed by atoms with Gasteiger partial charge in [-0.15, -0.1) is 0 Å². The summed E-state index contributed by atoms with van der Waals surface area (Å²) in [5.74, 6) is -0.345. The first-order valence-corrected chi connectivity index (χ1v) is 11.2. The van der Waals surface area contributed by atoms with Crippen LogP contribution in [-0.2, 0) is 19.4 Å². The van der Waals surface area contributed by atoms with Crippen LogP contribution in [0.2, 0.25) is 0 Å². The Kier molecular flexibility index (Phi) is 5.57. The van der Waals surface area contributed by atoms with Gasteiger partial charge in [-0.3, -0.25) is 0 Å². The number of ether oxygens (including phenoxy) is 1. The van der Waals surface area contributed by atoms with Crippen LogP contribution in [0.15, 0.2) is 91.1 Å². The Morgan fingerprint density at radius 1 is 0.909 bits per heavy atom. The van der Waals surface area contributed by atoms with E-state index in [1.54, 1.807) is 0 Å². The number of carbonyl (C=O) groups is 1. The van der Waals surface area contributed by atoms with Crippen LogP contribution in [0.5, 0.6) is 5.75 Å². The number of aromatic carboxylic acids is 1. The van der Waals surface area contributed by atoms with E-state index in [4.69, 9.17) is 4.74 Å². The van der Waals surface area contributed by atoms with E-state index in [0.29, 0.717) is 36.3 Å². The zero-order chi connectivity index (χ0) is 22.8. The van der Waals surface area contributed by atoms with E-state index in [1.165, 1.54) is 16.3 Å². The summed E-state index contributed by atoms with van der Waals surface area (Å²) in [6, 6.07) is 28.3. The van der Waals surface area contributed by atoms with Crippen molar-refractivity contribution >= 4 is 22.3 Å². The van der Waals surface area contributed by atoms with Gasteiger partial charge in [0.1, 0.15) is 17.9 Å². The predicted molar refractivity (Wildman–Crippen MR) is 131 cm³/mol. The molecule has 5 aromatic rings. The first kappa shape index (κ1) is 20.8. The maximum Gasteiger partial charge on any atom is 0.338 e. The van der Waals surface area contributed by atoms with E-state index in [9.17, 15) is 9.90 Å². The van der Waals surface area contributed by atoms with Gasteiger partial charge in [-0.25, -0.2) is 4.79 Å². The smallest absolute Gasteiger partial charge is 0.338 e. The fourth-order valence-electron chi connectivity index (χ4n) is 4.67. The van der Waals surface area contributed by atoms with Gasteiger partial charge in [-0.2, -0.15) is 0 Å². The third-order valence-corrected chi connectivity index (χ3v) is 6.18. The average Bonchev–Trinajstić information content (AvgIpc) is 3.18. The fraction of sp³-hybridized carbons (Fsp3) is 0.138. The number of pyridine rings is 1. The van der Waals surface area contributed by atoms with Gasteiger partial charge in [0, 0.05) is 18.3 Å². The van der Waals surface area contributed by atoms with Crippen LogP contribution in [0.3, 0.4) is 0 Å². The molecule has 0 saturated carbocycles. The molecular weight excluding hydrogens is 410 g/mol. The quantitative estimate of drug-likeness (QED) is 0.316. The third-order valence-electron chi connectivity index (χ3n) is 6.18. The maximum atomic E-state index is 12.4. The molecule has 0 fully saturated rings. The molecule has 0 bridgehead atoms.